The fourth-order valence-corrected chi connectivity index (χ4v) is 4.17. The zero-order valence-electron chi connectivity index (χ0n) is 21.7. The van der Waals surface area contributed by atoms with E-state index in [1.165, 1.54) is 26.8 Å². The van der Waals surface area contributed by atoms with Crippen molar-refractivity contribution in [2.45, 2.75) is 84.8 Å². The molecule has 0 aromatic rings. The maximum Gasteiger partial charge on any atom is 0.322 e. The van der Waals surface area contributed by atoms with Crippen LogP contribution in [0.5, 0.6) is 0 Å². The molecule has 3 N–H and O–H groups in total. The number of esters is 2. The molecule has 9 heteroatoms. The average molecular weight is 504 g/mol. The summed E-state index contributed by atoms with van der Waals surface area (Å²) in [5.74, 6) is -3.31. The van der Waals surface area contributed by atoms with E-state index in [0.29, 0.717) is 12.0 Å². The Kier molecular flexibility index (Phi) is 9.95. The minimum Gasteiger partial charge on any atom is -0.461 e. The van der Waals surface area contributed by atoms with Gasteiger partial charge in [-0.1, -0.05) is 48.5 Å². The van der Waals surface area contributed by atoms with Crippen molar-refractivity contribution in [1.82, 2.24) is 5.32 Å². The van der Waals surface area contributed by atoms with Gasteiger partial charge in [-0.3, -0.25) is 19.2 Å². The molecule has 2 heterocycles. The third-order valence-corrected chi connectivity index (χ3v) is 6.51. The standard InChI is InChI=1S/C27H37NO8/c1-15-7-10-20(31)11-8-16(2)13-23(28-25(33)18(4)29)27(6)24(32)17(3)22(36-26(27)34)14-21(12-9-15)35-19(5)30/h7-9,11-13,17-18,20-23,29,31H,10,14H2,1-6H3,(H,28,33)/b11-8-,12-9-,15-7-,16-13-/t17-,18+,20+,21-,22-,23-,27+/m1/s1. The summed E-state index contributed by atoms with van der Waals surface area (Å²) in [7, 11) is 0. The number of rotatable bonds is 3. The van der Waals surface area contributed by atoms with E-state index < -0.39 is 65.4 Å². The van der Waals surface area contributed by atoms with Crippen LogP contribution in [-0.4, -0.2) is 64.3 Å². The second kappa shape index (κ2) is 12.3. The number of nitrogens with one attached hydrogen (secondary N) is 1. The Morgan fingerprint density at radius 2 is 1.83 bits per heavy atom. The van der Waals surface area contributed by atoms with Gasteiger partial charge in [0, 0.05) is 13.3 Å². The number of carbonyl (C=O) groups is 4. The molecular weight excluding hydrogens is 466 g/mol. The van der Waals surface area contributed by atoms with Crippen LogP contribution in [0.25, 0.3) is 0 Å². The second-order valence-electron chi connectivity index (χ2n) is 9.72. The summed E-state index contributed by atoms with van der Waals surface area (Å²) < 4.78 is 11.1. The highest BCUT2D eigenvalue weighted by atomic mass is 16.6. The van der Waals surface area contributed by atoms with Crippen molar-refractivity contribution in [2.24, 2.45) is 11.3 Å². The lowest BCUT2D eigenvalue weighted by atomic mass is 9.69. The largest absolute Gasteiger partial charge is 0.461 e. The lowest BCUT2D eigenvalue weighted by Crippen LogP contribution is -2.62. The molecule has 1 aliphatic carbocycles. The molecule has 1 amide bonds. The van der Waals surface area contributed by atoms with Gasteiger partial charge in [0.05, 0.1) is 18.1 Å². The van der Waals surface area contributed by atoms with Crippen molar-refractivity contribution in [3.05, 3.63) is 47.6 Å². The molecule has 3 rings (SSSR count). The third kappa shape index (κ3) is 7.24. The van der Waals surface area contributed by atoms with Gasteiger partial charge >= 0.3 is 11.9 Å². The molecule has 36 heavy (non-hydrogen) atoms. The molecule has 0 saturated carbocycles. The van der Waals surface area contributed by atoms with Crippen molar-refractivity contribution < 1.29 is 38.9 Å². The van der Waals surface area contributed by atoms with Crippen molar-refractivity contribution in [2.75, 3.05) is 0 Å². The van der Waals surface area contributed by atoms with Gasteiger partial charge in [0.1, 0.15) is 23.7 Å². The monoisotopic (exact) mass is 503 g/mol. The smallest absolute Gasteiger partial charge is 0.322 e. The Labute approximate surface area is 211 Å². The van der Waals surface area contributed by atoms with Crippen LogP contribution in [0.3, 0.4) is 0 Å². The summed E-state index contributed by atoms with van der Waals surface area (Å²) in [6.07, 6.45) is 6.59. The predicted octanol–water partition coefficient (Wildman–Crippen LogP) is 2.08. The first-order valence-electron chi connectivity index (χ1n) is 12.1. The number of ether oxygens (including phenoxy) is 2. The van der Waals surface area contributed by atoms with Crippen LogP contribution >= 0.6 is 0 Å². The van der Waals surface area contributed by atoms with Crippen molar-refractivity contribution in [1.29, 1.82) is 0 Å². The molecule has 3 aliphatic rings. The zero-order valence-corrected chi connectivity index (χ0v) is 21.7. The maximum absolute atomic E-state index is 13.7. The van der Waals surface area contributed by atoms with E-state index in [2.05, 4.69) is 5.32 Å². The summed E-state index contributed by atoms with van der Waals surface area (Å²) in [5.41, 5.74) is -0.358. The number of carbonyl (C=O) groups excluding carboxylic acids is 4. The van der Waals surface area contributed by atoms with Gasteiger partial charge in [0.2, 0.25) is 5.91 Å². The molecular formula is C27H37NO8. The number of aliphatic hydroxyl groups is 2. The quantitative estimate of drug-likeness (QED) is 0.393. The number of amides is 1. The number of fused-ring (bicyclic) bond motifs is 10. The van der Waals surface area contributed by atoms with Crippen molar-refractivity contribution >= 4 is 23.6 Å². The van der Waals surface area contributed by atoms with Crippen LogP contribution in [0.2, 0.25) is 0 Å². The molecule has 1 fully saturated rings. The summed E-state index contributed by atoms with van der Waals surface area (Å²) >= 11 is 0. The molecule has 0 aromatic carbocycles. The van der Waals surface area contributed by atoms with Gasteiger partial charge in [-0.25, -0.2) is 0 Å². The van der Waals surface area contributed by atoms with Crippen LogP contribution in [0.15, 0.2) is 47.6 Å². The molecule has 198 valence electrons. The molecule has 0 unspecified atom stereocenters. The van der Waals surface area contributed by atoms with Crippen LogP contribution in [0, 0.1) is 11.3 Å². The first-order chi connectivity index (χ1) is 16.7. The van der Waals surface area contributed by atoms with Crippen LogP contribution in [0.4, 0.5) is 0 Å². The number of Topliss-reactive ketones (excluding diaryl/α,β-unsaturated/α-hetero) is 1. The minimum atomic E-state index is -1.77. The highest BCUT2D eigenvalue weighted by Gasteiger charge is 2.56. The lowest BCUT2D eigenvalue weighted by Gasteiger charge is -2.42. The summed E-state index contributed by atoms with van der Waals surface area (Å²) in [4.78, 5) is 51.0. The molecule has 7 atom stereocenters. The zero-order chi connectivity index (χ0) is 27.2. The van der Waals surface area contributed by atoms with Crippen LogP contribution in [0.1, 0.15) is 54.4 Å². The fourth-order valence-electron chi connectivity index (χ4n) is 4.17. The number of hydrogen-bond donors (Lipinski definition) is 3. The molecule has 1 saturated heterocycles. The molecule has 0 aromatic heterocycles. The van der Waals surface area contributed by atoms with Crippen LogP contribution in [-0.2, 0) is 28.7 Å². The second-order valence-corrected chi connectivity index (χ2v) is 9.72. The van der Waals surface area contributed by atoms with Gasteiger partial charge in [0.15, 0.2) is 5.78 Å². The highest BCUT2D eigenvalue weighted by Crippen LogP contribution is 2.38. The van der Waals surface area contributed by atoms with Gasteiger partial charge in [-0.2, -0.15) is 0 Å². The predicted molar refractivity (Wildman–Crippen MR) is 132 cm³/mol. The highest BCUT2D eigenvalue weighted by molar-refractivity contribution is 6.08. The van der Waals surface area contributed by atoms with Crippen molar-refractivity contribution in [3.63, 3.8) is 0 Å². The van der Waals surface area contributed by atoms with E-state index in [1.54, 1.807) is 38.2 Å². The first-order valence-corrected chi connectivity index (χ1v) is 12.1. The topological polar surface area (TPSA) is 139 Å². The number of ketones is 1. The Morgan fingerprint density at radius 3 is 2.44 bits per heavy atom. The SMILES string of the molecule is CC(=O)O[C@@H]1/C=C\C(C)=C/C[C@H](O)/C=C\C(C)=C/[C@@H](NC(=O)[C@H](C)O)[C@]2(C)C(=O)O[C@H](C1)[C@@H](C)C2=O. The van der Waals surface area contributed by atoms with E-state index in [4.69, 9.17) is 9.47 Å². The van der Waals surface area contributed by atoms with Crippen molar-refractivity contribution in [3.8, 4) is 0 Å². The Bertz CT molecular complexity index is 992. The van der Waals surface area contributed by atoms with Gasteiger partial charge < -0.3 is 25.0 Å². The first kappa shape index (κ1) is 29.2. The van der Waals surface area contributed by atoms with E-state index in [-0.39, 0.29) is 6.42 Å². The molecule has 2 aliphatic heterocycles. The normalized spacial score (nSPS) is 37.3. The van der Waals surface area contributed by atoms with Gasteiger partial charge in [0.25, 0.3) is 0 Å². The molecule has 0 spiro atoms. The average Bonchev–Trinajstić information content (AvgIpc) is 2.80. The fraction of sp³-hybridized carbons (Fsp3) is 0.556. The lowest BCUT2D eigenvalue weighted by molar-refractivity contribution is -0.182. The molecule has 0 radical (unpaired) electrons. The maximum atomic E-state index is 13.7. The molecule has 2 bridgehead atoms. The van der Waals surface area contributed by atoms with E-state index in [9.17, 15) is 29.4 Å². The van der Waals surface area contributed by atoms with Gasteiger partial charge in [-0.05, 0) is 40.2 Å². The molecule has 9 nitrogen and oxygen atoms in total. The van der Waals surface area contributed by atoms with Gasteiger partial charge in [-0.15, -0.1) is 0 Å². The number of hydrogen-bond acceptors (Lipinski definition) is 8. The Morgan fingerprint density at radius 1 is 1.19 bits per heavy atom. The number of aliphatic hydroxyl groups excluding tert-OH is 2. The summed E-state index contributed by atoms with van der Waals surface area (Å²) in [6.45, 7) is 9.13. The Hall–Kier alpha value is -3.04. The number of allylic oxidation sites excluding steroid dienone is 4. The summed E-state index contributed by atoms with van der Waals surface area (Å²) in [6, 6.07) is -1.12. The Balaban J connectivity index is 2.60. The third-order valence-electron chi connectivity index (χ3n) is 6.51. The minimum absolute atomic E-state index is 0.0713. The van der Waals surface area contributed by atoms with E-state index in [0.717, 1.165) is 5.57 Å². The van der Waals surface area contributed by atoms with Crippen LogP contribution < -0.4 is 5.32 Å². The summed E-state index contributed by atoms with van der Waals surface area (Å²) in [5, 5.41) is 22.7. The van der Waals surface area contributed by atoms with E-state index in [1.807, 2.05) is 13.0 Å². The van der Waals surface area contributed by atoms with E-state index >= 15 is 0 Å².